The van der Waals surface area contributed by atoms with Crippen LogP contribution in [0.3, 0.4) is 0 Å². The molecule has 0 bridgehead atoms. The molecule has 0 aliphatic rings. The summed E-state index contributed by atoms with van der Waals surface area (Å²) in [4.78, 5) is 12.4. The maximum atomic E-state index is 10.3. The maximum Gasteiger partial charge on any atom is 0.392 e. The normalized spacial score (nSPS) is 10.6. The molecule has 0 radical (unpaired) electrons. The van der Waals surface area contributed by atoms with Crippen LogP contribution in [0.2, 0.25) is 0 Å². The summed E-state index contributed by atoms with van der Waals surface area (Å²) in [6.07, 6.45) is 0.834. The molecule has 0 fully saturated rings. The minimum Gasteiger partial charge on any atom is -0.501 e. The smallest absolute Gasteiger partial charge is 0.392 e. The minimum absolute atomic E-state index is 0.0671. The number of aliphatic hydroxyl groups is 1. The van der Waals surface area contributed by atoms with E-state index in [4.69, 9.17) is 5.39 Å². The van der Waals surface area contributed by atoms with Gasteiger partial charge in [0.05, 0.1) is 4.92 Å². The highest BCUT2D eigenvalue weighted by molar-refractivity contribution is 5.60. The lowest BCUT2D eigenvalue weighted by Gasteiger charge is -1.94. The van der Waals surface area contributed by atoms with Crippen molar-refractivity contribution in [3.05, 3.63) is 51.1 Å². The fourth-order valence-electron chi connectivity index (χ4n) is 0.883. The summed E-state index contributed by atoms with van der Waals surface area (Å²) in [5.74, 6) is -0.262. The Hall–Kier alpha value is -2.42. The van der Waals surface area contributed by atoms with Gasteiger partial charge in [0.1, 0.15) is 0 Å². The first-order chi connectivity index (χ1) is 6.65. The summed E-state index contributed by atoms with van der Waals surface area (Å²) in [7, 11) is 0. The molecule has 6 nitrogen and oxygen atoms in total. The molecule has 0 saturated heterocycles. The molecular formula is C8H6N3O3+. The van der Waals surface area contributed by atoms with Gasteiger partial charge in [0, 0.05) is 17.7 Å². The number of benzene rings is 1. The Labute approximate surface area is 78.9 Å². The molecule has 0 atom stereocenters. The SMILES string of the molecule is N#[N+]C=C(O)c1ccc([N+](=O)[O-])cc1. The second kappa shape index (κ2) is 4.00. The number of diazo groups is 1. The second-order valence-electron chi connectivity index (χ2n) is 2.43. The van der Waals surface area contributed by atoms with Crippen molar-refractivity contribution in [3.8, 4) is 0 Å². The van der Waals surface area contributed by atoms with Gasteiger partial charge in [-0.15, -0.1) is 0 Å². The number of non-ortho nitro benzene ring substituents is 1. The van der Waals surface area contributed by atoms with Crippen molar-refractivity contribution in [1.29, 1.82) is 5.39 Å². The van der Waals surface area contributed by atoms with Gasteiger partial charge in [-0.1, -0.05) is 0 Å². The average Bonchev–Trinajstić information content (AvgIpc) is 2.18. The Kier molecular flexibility index (Phi) is 2.76. The van der Waals surface area contributed by atoms with E-state index >= 15 is 0 Å². The molecule has 0 saturated carbocycles. The van der Waals surface area contributed by atoms with Crippen molar-refractivity contribution in [2.75, 3.05) is 0 Å². The van der Waals surface area contributed by atoms with Crippen LogP contribution in [0.4, 0.5) is 5.69 Å². The number of nitro groups is 1. The van der Waals surface area contributed by atoms with Gasteiger partial charge in [-0.25, -0.2) is 0 Å². The Balaban J connectivity index is 3.01. The molecule has 1 rings (SSSR count). The first-order valence-electron chi connectivity index (χ1n) is 3.63. The van der Waals surface area contributed by atoms with E-state index in [1.54, 1.807) is 0 Å². The highest BCUT2D eigenvalue weighted by Gasteiger charge is 2.07. The third-order valence-corrected chi connectivity index (χ3v) is 1.55. The lowest BCUT2D eigenvalue weighted by atomic mass is 10.2. The van der Waals surface area contributed by atoms with Crippen LogP contribution in [0.1, 0.15) is 5.56 Å². The van der Waals surface area contributed by atoms with E-state index in [9.17, 15) is 15.2 Å². The van der Waals surface area contributed by atoms with Crippen LogP contribution < -0.4 is 0 Å². The fourth-order valence-corrected chi connectivity index (χ4v) is 0.883. The standard InChI is InChI=1S/C8H5N3O3/c9-10-5-8(12)6-1-3-7(4-2-6)11(13)14/h1-5H/p+1. The van der Waals surface area contributed by atoms with Gasteiger partial charge in [-0.3, -0.25) is 10.1 Å². The third-order valence-electron chi connectivity index (χ3n) is 1.55. The quantitative estimate of drug-likeness (QED) is 0.336. The molecule has 14 heavy (non-hydrogen) atoms. The summed E-state index contributed by atoms with van der Waals surface area (Å²) in [5.41, 5.74) is 0.274. The van der Waals surface area contributed by atoms with Crippen LogP contribution in [0.5, 0.6) is 0 Å². The summed E-state index contributed by atoms with van der Waals surface area (Å²) in [6, 6.07) is 5.21. The van der Waals surface area contributed by atoms with E-state index in [1.807, 2.05) is 0 Å². The monoisotopic (exact) mass is 192 g/mol. The van der Waals surface area contributed by atoms with Crippen molar-refractivity contribution in [3.63, 3.8) is 0 Å². The molecule has 0 spiro atoms. The van der Waals surface area contributed by atoms with Crippen molar-refractivity contribution in [1.82, 2.24) is 0 Å². The van der Waals surface area contributed by atoms with Crippen molar-refractivity contribution < 1.29 is 10.0 Å². The molecule has 1 aromatic rings. The molecule has 0 aliphatic heterocycles. The van der Waals surface area contributed by atoms with Crippen molar-refractivity contribution in [2.45, 2.75) is 0 Å². The summed E-state index contributed by atoms with van der Waals surface area (Å²) >= 11 is 0. The van der Waals surface area contributed by atoms with Gasteiger partial charge in [0.25, 0.3) is 5.69 Å². The zero-order valence-corrected chi connectivity index (χ0v) is 6.99. The molecule has 0 amide bonds. The van der Waals surface area contributed by atoms with E-state index in [0.717, 1.165) is 6.20 Å². The van der Waals surface area contributed by atoms with Crippen LogP contribution in [-0.2, 0) is 0 Å². The van der Waals surface area contributed by atoms with Crippen LogP contribution in [-0.4, -0.2) is 10.0 Å². The van der Waals surface area contributed by atoms with Gasteiger partial charge < -0.3 is 5.11 Å². The maximum absolute atomic E-state index is 10.3. The van der Waals surface area contributed by atoms with Crippen molar-refractivity contribution >= 4 is 11.4 Å². The Morgan fingerprint density at radius 2 is 2.07 bits per heavy atom. The first-order valence-corrected chi connectivity index (χ1v) is 3.63. The van der Waals surface area contributed by atoms with E-state index in [-0.39, 0.29) is 11.4 Å². The molecule has 1 aromatic carbocycles. The van der Waals surface area contributed by atoms with E-state index in [0.29, 0.717) is 5.56 Å². The molecular weight excluding hydrogens is 186 g/mol. The molecule has 0 unspecified atom stereocenters. The summed E-state index contributed by atoms with van der Waals surface area (Å²) in [5, 5.41) is 27.6. The number of hydrogen-bond donors (Lipinski definition) is 1. The number of nitrogens with zero attached hydrogens (tertiary/aromatic N) is 3. The second-order valence-corrected chi connectivity index (χ2v) is 2.43. The Morgan fingerprint density at radius 3 is 2.50 bits per heavy atom. The van der Waals surface area contributed by atoms with Gasteiger partial charge >= 0.3 is 6.20 Å². The molecule has 0 heterocycles. The van der Waals surface area contributed by atoms with Crippen LogP contribution >= 0.6 is 0 Å². The number of nitro benzene ring substituents is 1. The van der Waals surface area contributed by atoms with Crippen LogP contribution in [0.25, 0.3) is 10.7 Å². The predicted molar refractivity (Wildman–Crippen MR) is 48.8 cm³/mol. The Bertz CT molecular complexity index is 416. The summed E-state index contributed by atoms with van der Waals surface area (Å²) < 4.78 is 0. The first kappa shape index (κ1) is 9.67. The number of hydrogen-bond acceptors (Lipinski definition) is 4. The average molecular weight is 192 g/mol. The number of aliphatic hydroxyl groups excluding tert-OH is 1. The Morgan fingerprint density at radius 1 is 1.50 bits per heavy atom. The lowest BCUT2D eigenvalue weighted by Crippen LogP contribution is -1.88. The molecule has 0 aromatic heterocycles. The van der Waals surface area contributed by atoms with E-state index in [2.05, 4.69) is 4.98 Å². The van der Waals surface area contributed by atoms with Crippen molar-refractivity contribution in [2.24, 2.45) is 0 Å². The lowest BCUT2D eigenvalue weighted by molar-refractivity contribution is -0.384. The zero-order valence-electron chi connectivity index (χ0n) is 6.99. The van der Waals surface area contributed by atoms with E-state index in [1.165, 1.54) is 24.3 Å². The highest BCUT2D eigenvalue weighted by atomic mass is 16.6. The zero-order chi connectivity index (χ0) is 10.6. The predicted octanol–water partition coefficient (Wildman–Crippen LogP) is 2.30. The molecule has 1 N–H and O–H groups in total. The topological polar surface area (TPSA) is 91.5 Å². The molecule has 70 valence electrons. The molecule has 6 heteroatoms. The van der Waals surface area contributed by atoms with Gasteiger partial charge in [0.2, 0.25) is 11.2 Å². The summed E-state index contributed by atoms with van der Waals surface area (Å²) in [6.45, 7) is 0. The third kappa shape index (κ3) is 2.04. The minimum atomic E-state index is -0.541. The molecule has 0 aliphatic carbocycles. The number of rotatable bonds is 2. The van der Waals surface area contributed by atoms with E-state index < -0.39 is 4.92 Å². The largest absolute Gasteiger partial charge is 0.501 e. The van der Waals surface area contributed by atoms with Crippen LogP contribution in [0, 0.1) is 15.5 Å². The highest BCUT2D eigenvalue weighted by Crippen LogP contribution is 2.16. The van der Waals surface area contributed by atoms with Gasteiger partial charge in [0.15, 0.2) is 4.98 Å². The van der Waals surface area contributed by atoms with Gasteiger partial charge in [-0.2, -0.15) is 0 Å². The van der Waals surface area contributed by atoms with Crippen LogP contribution in [0.15, 0.2) is 30.5 Å². The fraction of sp³-hybridized carbons (Fsp3) is 0. The van der Waals surface area contributed by atoms with Gasteiger partial charge in [-0.05, 0) is 12.1 Å².